The first-order valence-electron chi connectivity index (χ1n) is 12.2. The third kappa shape index (κ3) is 7.94. The molecule has 0 aliphatic heterocycles. The number of carbonyl (C=O) groups excluding carboxylic acids is 3. The maximum atomic E-state index is 13.0. The average molecular weight is 485 g/mol. The summed E-state index contributed by atoms with van der Waals surface area (Å²) in [6.45, 7) is 6.63. The molecule has 0 bridgehead atoms. The van der Waals surface area contributed by atoms with Crippen LogP contribution in [0, 0.1) is 11.8 Å². The molecule has 34 heavy (non-hydrogen) atoms. The molecule has 1 heterocycles. The number of aromatic nitrogens is 1. The van der Waals surface area contributed by atoms with Crippen molar-refractivity contribution in [2.24, 2.45) is 11.8 Å². The number of anilines is 1. The minimum absolute atomic E-state index is 0.0253. The number of benzene rings is 1. The number of hydrogen-bond acceptors (Lipinski definition) is 5. The zero-order chi connectivity index (χ0) is 24.5. The summed E-state index contributed by atoms with van der Waals surface area (Å²) >= 11 is 1.29. The van der Waals surface area contributed by atoms with E-state index in [9.17, 15) is 14.4 Å². The van der Waals surface area contributed by atoms with Crippen molar-refractivity contribution in [2.75, 3.05) is 18.4 Å². The van der Waals surface area contributed by atoms with E-state index in [2.05, 4.69) is 29.5 Å². The van der Waals surface area contributed by atoms with Gasteiger partial charge in [-0.05, 0) is 31.2 Å². The van der Waals surface area contributed by atoms with Crippen LogP contribution in [0.5, 0.6) is 0 Å². The molecule has 184 valence electrons. The largest absolute Gasteiger partial charge is 0.349 e. The Hall–Kier alpha value is -2.74. The Labute approximate surface area is 206 Å². The third-order valence-electron chi connectivity index (χ3n) is 6.00. The van der Waals surface area contributed by atoms with Gasteiger partial charge < -0.3 is 15.5 Å². The van der Waals surface area contributed by atoms with Gasteiger partial charge in [-0.1, -0.05) is 63.4 Å². The Kier molecular flexibility index (Phi) is 9.62. The van der Waals surface area contributed by atoms with Gasteiger partial charge in [0.15, 0.2) is 5.13 Å². The number of carbonyl (C=O) groups is 3. The number of nitrogens with zero attached hydrogens (tertiary/aromatic N) is 2. The summed E-state index contributed by atoms with van der Waals surface area (Å²) in [6, 6.07) is 9.68. The molecule has 0 saturated heterocycles. The minimum atomic E-state index is -0.257. The number of thiazole rings is 1. The highest BCUT2D eigenvalue weighted by atomic mass is 32.1. The van der Waals surface area contributed by atoms with Crippen LogP contribution in [0.25, 0.3) is 0 Å². The molecule has 1 aromatic carbocycles. The molecule has 2 N–H and O–H groups in total. The second-order valence-corrected chi connectivity index (χ2v) is 10.4. The monoisotopic (exact) mass is 484 g/mol. The van der Waals surface area contributed by atoms with E-state index in [0.717, 1.165) is 31.2 Å². The molecule has 1 saturated carbocycles. The van der Waals surface area contributed by atoms with Gasteiger partial charge in [0.05, 0.1) is 24.7 Å². The van der Waals surface area contributed by atoms with E-state index in [1.807, 2.05) is 37.3 Å². The Morgan fingerprint density at radius 3 is 2.44 bits per heavy atom. The second kappa shape index (κ2) is 12.6. The molecule has 1 atom stereocenters. The second-order valence-electron chi connectivity index (χ2n) is 9.52. The van der Waals surface area contributed by atoms with Crippen LogP contribution in [0.4, 0.5) is 5.13 Å². The Morgan fingerprint density at radius 1 is 1.06 bits per heavy atom. The fraction of sp³-hybridized carbons (Fsp3) is 0.538. The number of hydrogen-bond donors (Lipinski definition) is 2. The fourth-order valence-electron chi connectivity index (χ4n) is 4.34. The standard InChI is InChI=1S/C26H36N4O3S/c1-18(2)15-30(25(33)21-12-8-5-9-13-21)16-24(32)29-26-28-22(17-34-26)14-23(31)27-19(3)20-10-6-4-7-11-20/h4,6-7,10-11,17-19,21H,5,8-9,12-16H2,1-3H3,(H,27,31)(H,28,29,32)/t19-/m1/s1. The molecule has 3 amide bonds. The molecule has 7 nitrogen and oxygen atoms in total. The first-order valence-corrected chi connectivity index (χ1v) is 13.1. The van der Waals surface area contributed by atoms with Gasteiger partial charge in [0.1, 0.15) is 0 Å². The summed E-state index contributed by atoms with van der Waals surface area (Å²) in [4.78, 5) is 44.2. The quantitative estimate of drug-likeness (QED) is 0.517. The Balaban J connectivity index is 1.51. The molecule has 0 radical (unpaired) electrons. The van der Waals surface area contributed by atoms with Crippen molar-refractivity contribution in [1.29, 1.82) is 0 Å². The molecule has 2 aromatic rings. The third-order valence-corrected chi connectivity index (χ3v) is 6.81. The van der Waals surface area contributed by atoms with Crippen molar-refractivity contribution in [3.8, 4) is 0 Å². The van der Waals surface area contributed by atoms with E-state index in [0.29, 0.717) is 17.4 Å². The molecule has 0 unspecified atom stereocenters. The molecule has 1 fully saturated rings. The van der Waals surface area contributed by atoms with E-state index in [-0.39, 0.29) is 48.6 Å². The molecular weight excluding hydrogens is 448 g/mol. The van der Waals surface area contributed by atoms with Crippen molar-refractivity contribution < 1.29 is 14.4 Å². The summed E-state index contributed by atoms with van der Waals surface area (Å²) in [5, 5.41) is 8.01. The van der Waals surface area contributed by atoms with Gasteiger partial charge >= 0.3 is 0 Å². The zero-order valence-electron chi connectivity index (χ0n) is 20.4. The van der Waals surface area contributed by atoms with Crippen LogP contribution in [-0.4, -0.2) is 40.7 Å². The summed E-state index contributed by atoms with van der Waals surface area (Å²) in [5.41, 5.74) is 1.64. The summed E-state index contributed by atoms with van der Waals surface area (Å²) in [6.07, 6.45) is 5.31. The van der Waals surface area contributed by atoms with E-state index in [1.54, 1.807) is 10.3 Å². The lowest BCUT2D eigenvalue weighted by Crippen LogP contribution is -2.43. The Bertz CT molecular complexity index is 954. The molecule has 8 heteroatoms. The Morgan fingerprint density at radius 2 is 1.76 bits per heavy atom. The lowest BCUT2D eigenvalue weighted by molar-refractivity contribution is -0.139. The van der Waals surface area contributed by atoms with Gasteiger partial charge in [-0.15, -0.1) is 11.3 Å². The van der Waals surface area contributed by atoms with E-state index in [4.69, 9.17) is 0 Å². The molecule has 1 aromatic heterocycles. The van der Waals surface area contributed by atoms with Crippen molar-refractivity contribution in [3.63, 3.8) is 0 Å². The lowest BCUT2D eigenvalue weighted by atomic mass is 9.88. The number of rotatable bonds is 10. The van der Waals surface area contributed by atoms with Gasteiger partial charge in [-0.25, -0.2) is 4.98 Å². The zero-order valence-corrected chi connectivity index (χ0v) is 21.2. The SMILES string of the molecule is CC(C)CN(CC(=O)Nc1nc(CC(=O)N[C@H](C)c2ccccc2)cs1)C(=O)C1CCCCC1. The van der Waals surface area contributed by atoms with E-state index in [1.165, 1.54) is 17.8 Å². The van der Waals surface area contributed by atoms with E-state index >= 15 is 0 Å². The first-order chi connectivity index (χ1) is 16.3. The smallest absolute Gasteiger partial charge is 0.245 e. The van der Waals surface area contributed by atoms with Crippen LogP contribution in [-0.2, 0) is 20.8 Å². The highest BCUT2D eigenvalue weighted by molar-refractivity contribution is 7.13. The van der Waals surface area contributed by atoms with Crippen molar-refractivity contribution in [2.45, 2.75) is 65.3 Å². The first kappa shape index (κ1) is 25.9. The van der Waals surface area contributed by atoms with Crippen LogP contribution in [0.15, 0.2) is 35.7 Å². The van der Waals surface area contributed by atoms with Crippen LogP contribution in [0.2, 0.25) is 0 Å². The summed E-state index contributed by atoms with van der Waals surface area (Å²) in [5.74, 6) is 0.0216. The molecule has 0 spiro atoms. The molecule has 1 aliphatic carbocycles. The van der Waals surface area contributed by atoms with Crippen molar-refractivity contribution in [1.82, 2.24) is 15.2 Å². The van der Waals surface area contributed by atoms with Gasteiger partial charge in [-0.2, -0.15) is 0 Å². The molecule has 1 aliphatic rings. The lowest BCUT2D eigenvalue weighted by Gasteiger charge is -2.30. The summed E-state index contributed by atoms with van der Waals surface area (Å²) < 4.78 is 0. The van der Waals surface area contributed by atoms with Crippen molar-refractivity contribution >= 4 is 34.2 Å². The van der Waals surface area contributed by atoms with Gasteiger partial charge in [-0.3, -0.25) is 14.4 Å². The predicted molar refractivity (Wildman–Crippen MR) is 135 cm³/mol. The maximum absolute atomic E-state index is 13.0. The van der Waals surface area contributed by atoms with Gasteiger partial charge in [0, 0.05) is 17.8 Å². The normalized spacial score (nSPS) is 15.1. The minimum Gasteiger partial charge on any atom is -0.349 e. The topological polar surface area (TPSA) is 91.4 Å². The van der Waals surface area contributed by atoms with Crippen LogP contribution >= 0.6 is 11.3 Å². The van der Waals surface area contributed by atoms with Crippen LogP contribution in [0.1, 0.15) is 70.2 Å². The molecule has 3 rings (SSSR count). The van der Waals surface area contributed by atoms with E-state index < -0.39 is 0 Å². The van der Waals surface area contributed by atoms with Gasteiger partial charge in [0.25, 0.3) is 0 Å². The highest BCUT2D eigenvalue weighted by Gasteiger charge is 2.28. The maximum Gasteiger partial charge on any atom is 0.245 e. The number of amides is 3. The highest BCUT2D eigenvalue weighted by Crippen LogP contribution is 2.26. The number of nitrogens with one attached hydrogen (secondary N) is 2. The van der Waals surface area contributed by atoms with Gasteiger partial charge in [0.2, 0.25) is 17.7 Å². The van der Waals surface area contributed by atoms with Crippen LogP contribution in [0.3, 0.4) is 0 Å². The molecular formula is C26H36N4O3S. The fourth-order valence-corrected chi connectivity index (χ4v) is 5.07. The van der Waals surface area contributed by atoms with Crippen LogP contribution < -0.4 is 10.6 Å². The predicted octanol–water partition coefficient (Wildman–Crippen LogP) is 4.57. The average Bonchev–Trinajstić information content (AvgIpc) is 3.25. The summed E-state index contributed by atoms with van der Waals surface area (Å²) in [7, 11) is 0. The van der Waals surface area contributed by atoms with Crippen molar-refractivity contribution in [3.05, 3.63) is 47.0 Å².